The number of carbonyl (C=O) groups is 1. The fourth-order valence-corrected chi connectivity index (χ4v) is 4.14. The van der Waals surface area contributed by atoms with Crippen molar-refractivity contribution in [3.8, 4) is 17.6 Å². The molecule has 1 N–H and O–H groups in total. The molecule has 1 aliphatic heterocycles. The minimum atomic E-state index is -0.193. The van der Waals surface area contributed by atoms with Crippen molar-refractivity contribution >= 4 is 17.9 Å². The monoisotopic (exact) mass is 472 g/mol. The van der Waals surface area contributed by atoms with Crippen molar-refractivity contribution in [1.82, 2.24) is 24.8 Å². The van der Waals surface area contributed by atoms with Gasteiger partial charge in [-0.25, -0.2) is 14.8 Å². The molecule has 1 atom stereocenters. The number of amides is 2. The first kappa shape index (κ1) is 22.8. The Bertz CT molecular complexity index is 1230. The van der Waals surface area contributed by atoms with Gasteiger partial charge in [0, 0.05) is 25.5 Å². The number of ether oxygens (including phenoxy) is 2. The molecular formula is C26H28N6O3. The lowest BCUT2D eigenvalue weighted by Gasteiger charge is -2.33. The molecule has 9 nitrogen and oxygen atoms in total. The first-order valence-electron chi connectivity index (χ1n) is 11.8. The van der Waals surface area contributed by atoms with E-state index < -0.39 is 0 Å². The van der Waals surface area contributed by atoms with Crippen molar-refractivity contribution in [2.45, 2.75) is 32.1 Å². The number of piperidine rings is 1. The third-order valence-corrected chi connectivity index (χ3v) is 6.26. The quantitative estimate of drug-likeness (QED) is 0.544. The second-order valence-corrected chi connectivity index (χ2v) is 8.94. The largest absolute Gasteiger partial charge is 0.480 e. The Labute approximate surface area is 204 Å². The average molecular weight is 473 g/mol. The van der Waals surface area contributed by atoms with Crippen LogP contribution >= 0.6 is 0 Å². The Morgan fingerprint density at radius 3 is 2.74 bits per heavy atom. The number of carbonyl (C=O) groups excluding carboxylic acids is 1. The number of hydrogen-bond donors (Lipinski definition) is 1. The zero-order valence-corrected chi connectivity index (χ0v) is 19.8. The molecule has 2 amide bonds. The van der Waals surface area contributed by atoms with E-state index in [0.29, 0.717) is 42.5 Å². The third kappa shape index (κ3) is 5.74. The lowest BCUT2D eigenvalue weighted by atomic mass is 9.91. The van der Waals surface area contributed by atoms with E-state index in [1.165, 1.54) is 43.5 Å². The molecule has 3 heterocycles. The number of methoxy groups -OCH3 is 1. The summed E-state index contributed by atoms with van der Waals surface area (Å²) >= 11 is 0. The molecule has 0 bridgehead atoms. The van der Waals surface area contributed by atoms with Crippen LogP contribution in [0.25, 0.3) is 6.08 Å². The zero-order chi connectivity index (χ0) is 24.2. The van der Waals surface area contributed by atoms with E-state index in [1.807, 2.05) is 36.7 Å². The van der Waals surface area contributed by atoms with Crippen LogP contribution in [-0.2, 0) is 0 Å². The van der Waals surface area contributed by atoms with Gasteiger partial charge in [0.2, 0.25) is 5.88 Å². The molecule has 180 valence electrons. The summed E-state index contributed by atoms with van der Waals surface area (Å²) in [7, 11) is 1.51. The van der Waals surface area contributed by atoms with Crippen LogP contribution in [0.2, 0.25) is 0 Å². The van der Waals surface area contributed by atoms with Gasteiger partial charge in [0.1, 0.15) is 5.75 Å². The van der Waals surface area contributed by atoms with E-state index in [0.717, 1.165) is 12.0 Å². The Hall–Kier alpha value is -4.01. The molecule has 2 aromatic heterocycles. The van der Waals surface area contributed by atoms with Gasteiger partial charge in [-0.1, -0.05) is 30.7 Å². The first-order valence-corrected chi connectivity index (χ1v) is 11.8. The summed E-state index contributed by atoms with van der Waals surface area (Å²) in [6, 6.07) is 8.05. The minimum Gasteiger partial charge on any atom is -0.480 e. The first-order chi connectivity index (χ1) is 17.1. The van der Waals surface area contributed by atoms with E-state index in [1.54, 1.807) is 4.90 Å². The maximum Gasteiger partial charge on any atom is 0.323 e. The summed E-state index contributed by atoms with van der Waals surface area (Å²) in [5.74, 6) is 2.25. The van der Waals surface area contributed by atoms with E-state index in [9.17, 15) is 4.79 Å². The van der Waals surface area contributed by atoms with Crippen LogP contribution in [0.15, 0.2) is 54.6 Å². The predicted octanol–water partition coefficient (Wildman–Crippen LogP) is 4.90. The zero-order valence-electron chi connectivity index (χ0n) is 19.8. The Balaban J connectivity index is 1.20. The molecule has 3 aromatic rings. The molecule has 9 heteroatoms. The number of rotatable bonds is 6. The molecule has 5 rings (SSSR count). The second-order valence-electron chi connectivity index (χ2n) is 8.94. The Morgan fingerprint density at radius 2 is 2.00 bits per heavy atom. The van der Waals surface area contributed by atoms with Crippen molar-refractivity contribution < 1.29 is 14.3 Å². The minimum absolute atomic E-state index is 0.193. The van der Waals surface area contributed by atoms with Crippen LogP contribution in [0.5, 0.6) is 17.6 Å². The fourth-order valence-electron chi connectivity index (χ4n) is 4.14. The van der Waals surface area contributed by atoms with Crippen LogP contribution in [-0.4, -0.2) is 51.1 Å². The van der Waals surface area contributed by atoms with Gasteiger partial charge >= 0.3 is 12.0 Å². The van der Waals surface area contributed by atoms with Crippen LogP contribution in [0.4, 0.5) is 10.6 Å². The number of urea groups is 1. The normalized spacial score (nSPS) is 18.9. The molecule has 2 aliphatic rings. The number of likely N-dealkylation sites (tertiary alicyclic amines) is 1. The topological polar surface area (TPSA) is 102 Å². The Morgan fingerprint density at radius 1 is 1.17 bits per heavy atom. The van der Waals surface area contributed by atoms with E-state index in [-0.39, 0.29) is 11.9 Å². The molecule has 1 saturated carbocycles. The van der Waals surface area contributed by atoms with E-state index in [2.05, 4.69) is 38.3 Å². The van der Waals surface area contributed by atoms with E-state index >= 15 is 0 Å². The van der Waals surface area contributed by atoms with Gasteiger partial charge in [0.05, 0.1) is 19.5 Å². The average Bonchev–Trinajstić information content (AvgIpc) is 3.72. The highest BCUT2D eigenvalue weighted by Crippen LogP contribution is 2.39. The van der Waals surface area contributed by atoms with Gasteiger partial charge in [0.15, 0.2) is 5.82 Å². The molecule has 0 spiro atoms. The summed E-state index contributed by atoms with van der Waals surface area (Å²) in [4.78, 5) is 31.4. The highest BCUT2D eigenvalue weighted by atomic mass is 16.5. The summed E-state index contributed by atoms with van der Waals surface area (Å²) < 4.78 is 10.9. The second kappa shape index (κ2) is 10.1. The molecule has 35 heavy (non-hydrogen) atoms. The summed E-state index contributed by atoms with van der Waals surface area (Å²) in [5, 5.41) is 2.80. The highest BCUT2D eigenvalue weighted by Gasteiger charge is 2.25. The predicted molar refractivity (Wildman–Crippen MR) is 131 cm³/mol. The van der Waals surface area contributed by atoms with Crippen LogP contribution in [0.1, 0.15) is 43.2 Å². The van der Waals surface area contributed by atoms with Gasteiger partial charge < -0.3 is 14.4 Å². The number of benzene rings is 1. The maximum absolute atomic E-state index is 12.7. The number of hydrogen-bond acceptors (Lipinski definition) is 7. The molecule has 2 fully saturated rings. The molecule has 1 saturated heterocycles. The lowest BCUT2D eigenvalue weighted by Crippen LogP contribution is -2.42. The smallest absolute Gasteiger partial charge is 0.323 e. The van der Waals surface area contributed by atoms with Crippen molar-refractivity contribution in [2.24, 2.45) is 5.92 Å². The third-order valence-electron chi connectivity index (χ3n) is 6.26. The molecule has 1 aliphatic carbocycles. The van der Waals surface area contributed by atoms with Crippen molar-refractivity contribution in [2.75, 3.05) is 25.5 Å². The van der Waals surface area contributed by atoms with Gasteiger partial charge in [-0.15, -0.1) is 0 Å². The molecule has 1 unspecified atom stereocenters. The van der Waals surface area contributed by atoms with Gasteiger partial charge in [-0.2, -0.15) is 4.98 Å². The number of nitrogens with zero attached hydrogens (tertiary/aromatic N) is 5. The van der Waals surface area contributed by atoms with Crippen molar-refractivity contribution in [3.05, 3.63) is 65.8 Å². The Kier molecular flexibility index (Phi) is 6.56. The number of anilines is 1. The standard InChI is InChI=1S/C26H28N6O3/c1-17-16-32(26(33)31-23-14-27-15-24(30-23)34-2)9-8-20(17)10-18-4-3-5-22(11-18)35-25-28-12-21(13-29-25)19-6-7-19/h3-5,10-15,17,19H,6-9,16H2,1-2H3,(H,30,31,33)/b20-10+. The SMILES string of the molecule is COc1cncc(NC(=O)N2CC/C(=C\c3cccc(Oc4ncc(C5CC5)cn4)c3)C(C)C2)n1. The lowest BCUT2D eigenvalue weighted by molar-refractivity contribution is 0.197. The maximum atomic E-state index is 12.7. The fraction of sp³-hybridized carbons (Fsp3) is 0.346. The molecular weight excluding hydrogens is 444 g/mol. The van der Waals surface area contributed by atoms with Crippen LogP contribution < -0.4 is 14.8 Å². The summed E-state index contributed by atoms with van der Waals surface area (Å²) in [6.07, 6.45) is 12.1. The van der Waals surface area contributed by atoms with Gasteiger partial charge in [-0.3, -0.25) is 10.3 Å². The van der Waals surface area contributed by atoms with Crippen molar-refractivity contribution in [1.29, 1.82) is 0 Å². The van der Waals surface area contributed by atoms with Crippen LogP contribution in [0.3, 0.4) is 0 Å². The molecule has 1 aromatic carbocycles. The van der Waals surface area contributed by atoms with Crippen molar-refractivity contribution in [3.63, 3.8) is 0 Å². The van der Waals surface area contributed by atoms with E-state index in [4.69, 9.17) is 9.47 Å². The summed E-state index contributed by atoms with van der Waals surface area (Å²) in [6.45, 7) is 3.37. The number of nitrogens with one attached hydrogen (secondary N) is 1. The number of aromatic nitrogens is 4. The summed E-state index contributed by atoms with van der Waals surface area (Å²) in [5.41, 5.74) is 3.52. The van der Waals surface area contributed by atoms with Gasteiger partial charge in [-0.05, 0) is 54.4 Å². The molecule has 0 radical (unpaired) electrons. The highest BCUT2D eigenvalue weighted by molar-refractivity contribution is 5.88. The van der Waals surface area contributed by atoms with Crippen LogP contribution in [0, 0.1) is 5.92 Å². The van der Waals surface area contributed by atoms with Gasteiger partial charge in [0.25, 0.3) is 0 Å².